The van der Waals surface area contributed by atoms with Gasteiger partial charge in [-0.3, -0.25) is 0 Å². The summed E-state index contributed by atoms with van der Waals surface area (Å²) < 4.78 is 1.75. The Bertz CT molecular complexity index is 464. The second-order valence-corrected chi connectivity index (χ2v) is 5.27. The van der Waals surface area contributed by atoms with E-state index in [1.807, 2.05) is 14.1 Å². The molecule has 1 aliphatic heterocycles. The normalized spacial score (nSPS) is 15.8. The van der Waals surface area contributed by atoms with E-state index in [-0.39, 0.29) is 0 Å². The number of anilines is 2. The molecule has 1 aliphatic rings. The highest BCUT2D eigenvalue weighted by Gasteiger charge is 2.22. The number of likely N-dealkylation sites (N-methyl/N-ethyl adjacent to an activating group) is 1. The number of rotatable bonds is 4. The van der Waals surface area contributed by atoms with E-state index in [9.17, 15) is 5.26 Å². The molecular formula is C13H22N6. The molecule has 6 nitrogen and oxygen atoms in total. The van der Waals surface area contributed by atoms with Gasteiger partial charge in [0, 0.05) is 19.6 Å². The van der Waals surface area contributed by atoms with Crippen LogP contribution in [0.2, 0.25) is 0 Å². The van der Waals surface area contributed by atoms with Crippen LogP contribution in [0.5, 0.6) is 0 Å². The summed E-state index contributed by atoms with van der Waals surface area (Å²) >= 11 is 0. The third kappa shape index (κ3) is 2.99. The molecule has 0 aromatic carbocycles. The highest BCUT2D eigenvalue weighted by atomic mass is 15.4. The van der Waals surface area contributed by atoms with Crippen molar-refractivity contribution in [1.82, 2.24) is 14.7 Å². The van der Waals surface area contributed by atoms with Crippen molar-refractivity contribution in [3.63, 3.8) is 0 Å². The van der Waals surface area contributed by atoms with Crippen molar-refractivity contribution < 1.29 is 0 Å². The van der Waals surface area contributed by atoms with Gasteiger partial charge < -0.3 is 15.5 Å². The molecule has 104 valence electrons. The van der Waals surface area contributed by atoms with Crippen LogP contribution in [0.1, 0.15) is 24.8 Å². The lowest BCUT2D eigenvalue weighted by atomic mass is 10.1. The predicted octanol–water partition coefficient (Wildman–Crippen LogP) is 0.889. The van der Waals surface area contributed by atoms with E-state index in [2.05, 4.69) is 21.0 Å². The minimum atomic E-state index is 0.491. The summed E-state index contributed by atoms with van der Waals surface area (Å²) in [6, 6.07) is 2.21. The first-order valence-corrected chi connectivity index (χ1v) is 6.79. The molecular weight excluding hydrogens is 240 g/mol. The van der Waals surface area contributed by atoms with Gasteiger partial charge in [0.15, 0.2) is 5.82 Å². The predicted molar refractivity (Wildman–Crippen MR) is 76.0 cm³/mol. The summed E-state index contributed by atoms with van der Waals surface area (Å²) in [5.41, 5.74) is 6.57. The average Bonchev–Trinajstić information content (AvgIpc) is 2.74. The Labute approximate surface area is 114 Å². The molecule has 2 N–H and O–H groups in total. The van der Waals surface area contributed by atoms with Gasteiger partial charge in [-0.2, -0.15) is 10.4 Å². The molecule has 2 heterocycles. The fraction of sp³-hybridized carbons (Fsp3) is 0.692. The molecule has 2 rings (SSSR count). The van der Waals surface area contributed by atoms with Crippen LogP contribution in [0.25, 0.3) is 0 Å². The Kier molecular flexibility index (Phi) is 4.27. The summed E-state index contributed by atoms with van der Waals surface area (Å²) in [6.07, 6.45) is 3.58. The Morgan fingerprint density at radius 3 is 2.58 bits per heavy atom. The van der Waals surface area contributed by atoms with Gasteiger partial charge in [0.2, 0.25) is 0 Å². The molecule has 1 aromatic heterocycles. The molecule has 0 aliphatic carbocycles. The van der Waals surface area contributed by atoms with Crippen LogP contribution in [0.4, 0.5) is 11.6 Å². The lowest BCUT2D eigenvalue weighted by molar-refractivity contribution is 0.375. The maximum atomic E-state index is 9.30. The zero-order valence-corrected chi connectivity index (χ0v) is 11.8. The summed E-state index contributed by atoms with van der Waals surface area (Å²) in [6.45, 7) is 3.51. The van der Waals surface area contributed by atoms with Crippen LogP contribution in [0.15, 0.2) is 0 Å². The molecule has 1 aromatic rings. The maximum Gasteiger partial charge on any atom is 0.170 e. The van der Waals surface area contributed by atoms with Gasteiger partial charge in [0.05, 0.1) is 6.54 Å². The smallest absolute Gasteiger partial charge is 0.170 e. The second kappa shape index (κ2) is 5.93. The first kappa shape index (κ1) is 13.7. The molecule has 6 heteroatoms. The van der Waals surface area contributed by atoms with Gasteiger partial charge in [-0.15, -0.1) is 0 Å². The molecule has 0 spiro atoms. The van der Waals surface area contributed by atoms with Gasteiger partial charge in [0.1, 0.15) is 17.5 Å². The number of aromatic nitrogens is 2. The maximum absolute atomic E-state index is 9.30. The van der Waals surface area contributed by atoms with Gasteiger partial charge in [0.25, 0.3) is 0 Å². The molecule has 0 atom stereocenters. The third-order valence-corrected chi connectivity index (χ3v) is 3.50. The number of nitrogens with zero attached hydrogens (tertiary/aromatic N) is 5. The molecule has 0 amide bonds. The Morgan fingerprint density at radius 1 is 1.32 bits per heavy atom. The number of nitrogens with two attached hydrogens (primary N) is 1. The van der Waals surface area contributed by atoms with Crippen molar-refractivity contribution in [2.75, 3.05) is 44.4 Å². The zero-order chi connectivity index (χ0) is 13.8. The highest BCUT2D eigenvalue weighted by molar-refractivity contribution is 5.65. The van der Waals surface area contributed by atoms with Crippen molar-refractivity contribution in [2.24, 2.45) is 0 Å². The molecule has 0 bridgehead atoms. The number of piperidine rings is 1. The van der Waals surface area contributed by atoms with E-state index in [4.69, 9.17) is 5.73 Å². The fourth-order valence-electron chi connectivity index (χ4n) is 2.36. The van der Waals surface area contributed by atoms with Crippen LogP contribution in [0, 0.1) is 11.3 Å². The lowest BCUT2D eigenvalue weighted by Crippen LogP contribution is -2.30. The van der Waals surface area contributed by atoms with Crippen LogP contribution < -0.4 is 10.6 Å². The second-order valence-electron chi connectivity index (χ2n) is 5.27. The van der Waals surface area contributed by atoms with E-state index < -0.39 is 0 Å². The number of hydrogen-bond donors (Lipinski definition) is 1. The average molecular weight is 262 g/mol. The third-order valence-electron chi connectivity index (χ3n) is 3.50. The number of nitrogen functional groups attached to an aromatic ring is 1. The molecule has 0 saturated carbocycles. The van der Waals surface area contributed by atoms with Crippen LogP contribution in [0.3, 0.4) is 0 Å². The van der Waals surface area contributed by atoms with E-state index in [0.717, 1.165) is 38.3 Å². The monoisotopic (exact) mass is 262 g/mol. The van der Waals surface area contributed by atoms with Crippen molar-refractivity contribution in [3.05, 3.63) is 5.56 Å². The van der Waals surface area contributed by atoms with Crippen LogP contribution in [-0.2, 0) is 6.54 Å². The number of hydrogen-bond acceptors (Lipinski definition) is 5. The summed E-state index contributed by atoms with van der Waals surface area (Å²) in [4.78, 5) is 4.26. The quantitative estimate of drug-likeness (QED) is 0.872. The van der Waals surface area contributed by atoms with Gasteiger partial charge in [-0.1, -0.05) is 0 Å². The summed E-state index contributed by atoms with van der Waals surface area (Å²) in [5, 5.41) is 13.8. The molecule has 0 radical (unpaired) electrons. The largest absolute Gasteiger partial charge is 0.383 e. The van der Waals surface area contributed by atoms with Gasteiger partial charge >= 0.3 is 0 Å². The molecule has 0 unspecified atom stereocenters. The van der Waals surface area contributed by atoms with Gasteiger partial charge in [-0.05, 0) is 33.4 Å². The summed E-state index contributed by atoms with van der Waals surface area (Å²) in [5.74, 6) is 1.25. The zero-order valence-electron chi connectivity index (χ0n) is 11.8. The van der Waals surface area contributed by atoms with Crippen molar-refractivity contribution in [2.45, 2.75) is 25.8 Å². The Morgan fingerprint density at radius 2 is 2.00 bits per heavy atom. The Hall–Kier alpha value is -1.74. The molecule has 19 heavy (non-hydrogen) atoms. The van der Waals surface area contributed by atoms with E-state index >= 15 is 0 Å². The Balaban J connectivity index is 2.22. The van der Waals surface area contributed by atoms with Crippen molar-refractivity contribution >= 4 is 11.6 Å². The lowest BCUT2D eigenvalue weighted by Gasteiger charge is -2.26. The number of nitriles is 1. The van der Waals surface area contributed by atoms with Crippen LogP contribution in [-0.4, -0.2) is 48.4 Å². The minimum absolute atomic E-state index is 0.491. The highest BCUT2D eigenvalue weighted by Crippen LogP contribution is 2.26. The SMILES string of the molecule is CN(C)CCn1nc(N2CCCCC2)c(C#N)c1N. The van der Waals surface area contributed by atoms with E-state index in [1.165, 1.54) is 6.42 Å². The first-order chi connectivity index (χ1) is 9.13. The van der Waals surface area contributed by atoms with Crippen molar-refractivity contribution in [3.8, 4) is 6.07 Å². The van der Waals surface area contributed by atoms with Crippen LogP contribution >= 0.6 is 0 Å². The standard InChI is InChI=1S/C13H22N6/c1-17(2)8-9-19-12(15)11(10-14)13(16-19)18-6-4-3-5-7-18/h3-9,15H2,1-2H3. The topological polar surface area (TPSA) is 74.1 Å². The molecule has 1 fully saturated rings. The van der Waals surface area contributed by atoms with Gasteiger partial charge in [-0.25, -0.2) is 4.68 Å². The van der Waals surface area contributed by atoms with E-state index in [0.29, 0.717) is 17.9 Å². The van der Waals surface area contributed by atoms with Crippen molar-refractivity contribution in [1.29, 1.82) is 5.26 Å². The first-order valence-electron chi connectivity index (χ1n) is 6.79. The summed E-state index contributed by atoms with van der Waals surface area (Å²) in [7, 11) is 4.02. The molecule has 1 saturated heterocycles. The fourth-order valence-corrected chi connectivity index (χ4v) is 2.36. The minimum Gasteiger partial charge on any atom is -0.383 e. The van der Waals surface area contributed by atoms with E-state index in [1.54, 1.807) is 4.68 Å².